The van der Waals surface area contributed by atoms with Crippen LogP contribution in [0, 0.1) is 10.1 Å². The average Bonchev–Trinajstić information content (AvgIpc) is 2.68. The van der Waals surface area contributed by atoms with Gasteiger partial charge in [-0.05, 0) is 23.8 Å². The van der Waals surface area contributed by atoms with Gasteiger partial charge in [0.05, 0.1) is 15.5 Å². The van der Waals surface area contributed by atoms with E-state index in [2.05, 4.69) is 0 Å². The fraction of sp³-hybridized carbons (Fsp3) is 0.316. The van der Waals surface area contributed by atoms with Crippen molar-refractivity contribution in [2.75, 3.05) is 31.1 Å². The first-order valence-electron chi connectivity index (χ1n) is 9.08. The molecule has 1 amide bonds. The molecule has 0 radical (unpaired) electrons. The summed E-state index contributed by atoms with van der Waals surface area (Å²) >= 11 is 11.7. The third-order valence-electron chi connectivity index (χ3n) is 5.04. The molecule has 1 atom stereocenters. The van der Waals surface area contributed by atoms with Crippen molar-refractivity contribution in [1.29, 1.82) is 0 Å². The van der Waals surface area contributed by atoms with E-state index < -0.39 is 39.3 Å². The molecule has 12 heteroatoms. The van der Waals surface area contributed by atoms with Gasteiger partial charge in [0.2, 0.25) is 5.91 Å². The Hall–Kier alpha value is -2.56. The first-order chi connectivity index (χ1) is 14.5. The number of rotatable bonds is 5. The Labute approximate surface area is 185 Å². The maximum absolute atomic E-state index is 13.1. The van der Waals surface area contributed by atoms with Crippen LogP contribution in [-0.4, -0.2) is 41.9 Å². The quantitative estimate of drug-likeness (QED) is 0.513. The second-order valence-corrected chi connectivity index (χ2v) is 7.80. The van der Waals surface area contributed by atoms with Crippen molar-refractivity contribution in [2.24, 2.45) is 5.73 Å². The molecule has 1 aliphatic heterocycles. The molecule has 1 unspecified atom stereocenters. The highest BCUT2D eigenvalue weighted by Crippen LogP contribution is 2.41. The van der Waals surface area contributed by atoms with E-state index >= 15 is 0 Å². The molecule has 1 saturated heterocycles. The predicted octanol–water partition coefficient (Wildman–Crippen LogP) is 4.27. The van der Waals surface area contributed by atoms with Crippen molar-refractivity contribution in [3.63, 3.8) is 0 Å². The van der Waals surface area contributed by atoms with Crippen LogP contribution in [0.2, 0.25) is 10.0 Å². The minimum Gasteiger partial charge on any atom is -0.368 e. The zero-order chi connectivity index (χ0) is 22.9. The van der Waals surface area contributed by atoms with Gasteiger partial charge in [-0.3, -0.25) is 19.8 Å². The molecule has 31 heavy (non-hydrogen) atoms. The van der Waals surface area contributed by atoms with E-state index in [0.717, 1.165) is 6.07 Å². The third kappa shape index (κ3) is 5.03. The van der Waals surface area contributed by atoms with Gasteiger partial charge in [-0.15, -0.1) is 0 Å². The molecule has 3 rings (SSSR count). The lowest BCUT2D eigenvalue weighted by atomic mass is 10.0. The molecule has 2 aromatic carbocycles. The smallest absolute Gasteiger partial charge is 0.368 e. The van der Waals surface area contributed by atoms with Crippen LogP contribution in [0.5, 0.6) is 0 Å². The molecule has 0 spiro atoms. The number of amides is 1. The zero-order valence-electron chi connectivity index (χ0n) is 15.9. The highest BCUT2D eigenvalue weighted by atomic mass is 35.5. The number of carbonyl (C=O) groups excluding carboxylic acids is 1. The average molecular weight is 477 g/mol. The van der Waals surface area contributed by atoms with Gasteiger partial charge in [-0.1, -0.05) is 35.3 Å². The summed E-state index contributed by atoms with van der Waals surface area (Å²) in [5, 5.41) is 11.3. The molecule has 0 aromatic heterocycles. The van der Waals surface area contributed by atoms with Crippen molar-refractivity contribution in [3.8, 4) is 0 Å². The van der Waals surface area contributed by atoms with Crippen LogP contribution in [0.15, 0.2) is 36.4 Å². The number of hydrogen-bond acceptors (Lipinski definition) is 5. The van der Waals surface area contributed by atoms with Crippen molar-refractivity contribution in [3.05, 3.63) is 67.7 Å². The molecule has 1 fully saturated rings. The Morgan fingerprint density at radius 1 is 1.10 bits per heavy atom. The summed E-state index contributed by atoms with van der Waals surface area (Å²) in [5.41, 5.74) is 4.27. The Morgan fingerprint density at radius 3 is 2.16 bits per heavy atom. The standard InChI is InChI=1S/C19H17Cl2F3N4O3/c20-12-3-1-11(2-4-12)17(18(25)29)27-7-5-26(6-8-27)15-10-14(21)13(19(22,23)24)9-16(15)28(30)31/h1-4,9-10,17H,5-8H2,(H2,25,29). The summed E-state index contributed by atoms with van der Waals surface area (Å²) in [7, 11) is 0. The Kier molecular flexibility index (Phi) is 6.63. The summed E-state index contributed by atoms with van der Waals surface area (Å²) < 4.78 is 39.3. The minimum absolute atomic E-state index is 0.00947. The van der Waals surface area contributed by atoms with Gasteiger partial charge in [0.15, 0.2) is 0 Å². The number of piperazine rings is 1. The van der Waals surface area contributed by atoms with Gasteiger partial charge in [0.25, 0.3) is 5.69 Å². The largest absolute Gasteiger partial charge is 0.418 e. The van der Waals surface area contributed by atoms with Gasteiger partial charge in [0, 0.05) is 37.3 Å². The number of carbonyl (C=O) groups is 1. The summed E-state index contributed by atoms with van der Waals surface area (Å²) in [6.45, 7) is 1.04. The van der Waals surface area contributed by atoms with E-state index in [-0.39, 0.29) is 18.8 Å². The SMILES string of the molecule is NC(=O)C(c1ccc(Cl)cc1)N1CCN(c2cc(Cl)c(C(F)(F)F)cc2[N+](=O)[O-])CC1. The highest BCUT2D eigenvalue weighted by Gasteiger charge is 2.37. The molecular formula is C19H17Cl2F3N4O3. The van der Waals surface area contributed by atoms with Gasteiger partial charge >= 0.3 is 6.18 Å². The second-order valence-electron chi connectivity index (χ2n) is 6.96. The number of primary amides is 1. The van der Waals surface area contributed by atoms with Gasteiger partial charge in [-0.2, -0.15) is 13.2 Å². The van der Waals surface area contributed by atoms with Crippen LogP contribution >= 0.6 is 23.2 Å². The zero-order valence-corrected chi connectivity index (χ0v) is 17.4. The number of halogens is 5. The molecule has 1 heterocycles. The molecule has 166 valence electrons. The summed E-state index contributed by atoms with van der Waals surface area (Å²) in [4.78, 5) is 26.0. The highest BCUT2D eigenvalue weighted by molar-refractivity contribution is 6.32. The lowest BCUT2D eigenvalue weighted by Crippen LogP contribution is -2.50. The lowest BCUT2D eigenvalue weighted by Gasteiger charge is -2.39. The van der Waals surface area contributed by atoms with E-state index in [1.54, 1.807) is 34.1 Å². The number of anilines is 1. The summed E-state index contributed by atoms with van der Waals surface area (Å²) in [6, 6.07) is 7.32. The van der Waals surface area contributed by atoms with Crippen LogP contribution in [-0.2, 0) is 11.0 Å². The Morgan fingerprint density at radius 2 is 1.68 bits per heavy atom. The normalized spacial score (nSPS) is 16.2. The van der Waals surface area contributed by atoms with Crippen LogP contribution < -0.4 is 10.6 Å². The number of nitrogens with zero attached hydrogens (tertiary/aromatic N) is 3. The van der Waals surface area contributed by atoms with Gasteiger partial charge in [-0.25, -0.2) is 0 Å². The molecular weight excluding hydrogens is 460 g/mol. The van der Waals surface area contributed by atoms with Crippen LogP contribution in [0.25, 0.3) is 0 Å². The van der Waals surface area contributed by atoms with Crippen molar-refractivity contribution >= 4 is 40.5 Å². The fourth-order valence-corrected chi connectivity index (χ4v) is 3.98. The number of nitro groups is 1. The van der Waals surface area contributed by atoms with Crippen LogP contribution in [0.4, 0.5) is 24.5 Å². The van der Waals surface area contributed by atoms with Crippen LogP contribution in [0.3, 0.4) is 0 Å². The number of hydrogen-bond donors (Lipinski definition) is 1. The summed E-state index contributed by atoms with van der Waals surface area (Å²) in [6.07, 6.45) is -4.81. The van der Waals surface area contributed by atoms with E-state index in [1.165, 1.54) is 0 Å². The first-order valence-corrected chi connectivity index (χ1v) is 9.83. The third-order valence-corrected chi connectivity index (χ3v) is 5.61. The summed E-state index contributed by atoms with van der Waals surface area (Å²) in [5.74, 6) is -0.570. The van der Waals surface area contributed by atoms with E-state index in [4.69, 9.17) is 28.9 Å². The van der Waals surface area contributed by atoms with Gasteiger partial charge < -0.3 is 10.6 Å². The van der Waals surface area contributed by atoms with E-state index in [0.29, 0.717) is 29.7 Å². The monoisotopic (exact) mass is 476 g/mol. The maximum atomic E-state index is 13.1. The topological polar surface area (TPSA) is 92.7 Å². The second kappa shape index (κ2) is 8.89. The number of benzene rings is 2. The Balaban J connectivity index is 1.84. The molecule has 0 bridgehead atoms. The Bertz CT molecular complexity index is 994. The molecule has 2 aromatic rings. The van der Waals surface area contributed by atoms with E-state index in [9.17, 15) is 28.1 Å². The van der Waals surface area contributed by atoms with Gasteiger partial charge in [0.1, 0.15) is 11.7 Å². The first kappa shape index (κ1) is 23.1. The number of alkyl halides is 3. The number of nitro benzene ring substituents is 1. The molecule has 0 saturated carbocycles. The van der Waals surface area contributed by atoms with Crippen LogP contribution in [0.1, 0.15) is 17.2 Å². The maximum Gasteiger partial charge on any atom is 0.418 e. The predicted molar refractivity (Wildman–Crippen MR) is 110 cm³/mol. The molecule has 1 aliphatic rings. The molecule has 0 aliphatic carbocycles. The molecule has 2 N–H and O–H groups in total. The minimum atomic E-state index is -4.81. The van der Waals surface area contributed by atoms with Crippen molar-refractivity contribution in [1.82, 2.24) is 4.90 Å². The van der Waals surface area contributed by atoms with E-state index in [1.807, 2.05) is 0 Å². The number of nitrogens with two attached hydrogens (primary N) is 1. The lowest BCUT2D eigenvalue weighted by molar-refractivity contribution is -0.384. The molecule has 7 nitrogen and oxygen atoms in total. The fourth-order valence-electron chi connectivity index (χ4n) is 3.59. The van der Waals surface area contributed by atoms with Crippen molar-refractivity contribution < 1.29 is 22.9 Å². The van der Waals surface area contributed by atoms with Crippen molar-refractivity contribution in [2.45, 2.75) is 12.2 Å².